The van der Waals surface area contributed by atoms with Gasteiger partial charge in [0, 0.05) is 11.6 Å². The largest absolute Gasteiger partial charge is 0.394 e. The van der Waals surface area contributed by atoms with Crippen LogP contribution in [0.4, 0.5) is 8.78 Å². The van der Waals surface area contributed by atoms with Crippen LogP contribution in [0.1, 0.15) is 29.9 Å². The number of aliphatic hydroxyl groups is 1. The predicted molar refractivity (Wildman–Crippen MR) is 74.0 cm³/mol. The van der Waals surface area contributed by atoms with Gasteiger partial charge in [0.1, 0.15) is 17.3 Å². The minimum Gasteiger partial charge on any atom is -0.394 e. The van der Waals surface area contributed by atoms with E-state index >= 15 is 0 Å². The quantitative estimate of drug-likeness (QED) is 0.870. The molecule has 0 saturated carbocycles. The molecule has 1 heterocycles. The molecule has 0 saturated heterocycles. The van der Waals surface area contributed by atoms with Crippen LogP contribution in [-0.2, 0) is 12.1 Å². The van der Waals surface area contributed by atoms with Crippen molar-refractivity contribution in [2.24, 2.45) is 0 Å². The number of carbonyl (C=O) groups is 1. The van der Waals surface area contributed by atoms with Crippen molar-refractivity contribution in [2.75, 3.05) is 6.61 Å². The van der Waals surface area contributed by atoms with Gasteiger partial charge in [-0.05, 0) is 26.0 Å². The van der Waals surface area contributed by atoms with Gasteiger partial charge in [-0.25, -0.2) is 13.5 Å². The molecule has 0 aliphatic heterocycles. The van der Waals surface area contributed by atoms with E-state index in [1.165, 1.54) is 4.68 Å². The lowest BCUT2D eigenvalue weighted by Gasteiger charge is -2.23. The third kappa shape index (κ3) is 3.64. The van der Waals surface area contributed by atoms with Gasteiger partial charge in [-0.1, -0.05) is 5.21 Å². The van der Waals surface area contributed by atoms with Crippen LogP contribution in [0.2, 0.25) is 0 Å². The second-order valence-electron chi connectivity index (χ2n) is 5.33. The second kappa shape index (κ2) is 6.18. The molecular weight excluding hydrogens is 294 g/mol. The van der Waals surface area contributed by atoms with Crippen molar-refractivity contribution in [3.63, 3.8) is 0 Å². The summed E-state index contributed by atoms with van der Waals surface area (Å²) in [6.45, 7) is 3.58. The number of aromatic nitrogens is 3. The first-order valence-electron chi connectivity index (χ1n) is 6.62. The lowest BCUT2D eigenvalue weighted by atomic mass is 10.0. The summed E-state index contributed by atoms with van der Waals surface area (Å²) in [6, 6.07) is 2.61. The van der Waals surface area contributed by atoms with Crippen LogP contribution in [0.25, 0.3) is 0 Å². The van der Waals surface area contributed by atoms with Crippen molar-refractivity contribution < 1.29 is 18.7 Å². The molecule has 1 aromatic heterocycles. The number of amides is 1. The fourth-order valence-corrected chi connectivity index (χ4v) is 1.90. The highest BCUT2D eigenvalue weighted by Gasteiger charge is 2.27. The van der Waals surface area contributed by atoms with Crippen molar-refractivity contribution in [2.45, 2.75) is 25.9 Å². The molecule has 0 bridgehead atoms. The Labute approximate surface area is 125 Å². The van der Waals surface area contributed by atoms with Crippen LogP contribution in [0.5, 0.6) is 0 Å². The molecule has 1 amide bonds. The Hall–Kier alpha value is -2.35. The Morgan fingerprint density at radius 2 is 1.95 bits per heavy atom. The van der Waals surface area contributed by atoms with Crippen LogP contribution in [-0.4, -0.2) is 32.6 Å². The molecule has 0 aliphatic rings. The smallest absolute Gasteiger partial charge is 0.252 e. The lowest BCUT2D eigenvalue weighted by Crippen LogP contribution is -2.41. The first kappa shape index (κ1) is 16.0. The van der Waals surface area contributed by atoms with E-state index in [1.807, 2.05) is 0 Å². The number of hydrogen-bond donors (Lipinski definition) is 2. The average molecular weight is 310 g/mol. The summed E-state index contributed by atoms with van der Waals surface area (Å²) in [4.78, 5) is 12.1. The maximum atomic E-state index is 13.2. The summed E-state index contributed by atoms with van der Waals surface area (Å²) < 4.78 is 27.8. The third-order valence-electron chi connectivity index (χ3n) is 3.06. The maximum absolute atomic E-state index is 13.2. The Morgan fingerprint density at radius 3 is 2.55 bits per heavy atom. The highest BCUT2D eigenvalue weighted by Crippen LogP contribution is 2.18. The zero-order chi connectivity index (χ0) is 16.3. The van der Waals surface area contributed by atoms with Gasteiger partial charge in [0.05, 0.1) is 24.9 Å². The molecule has 2 aromatic rings. The van der Waals surface area contributed by atoms with Gasteiger partial charge in [-0.3, -0.25) is 4.79 Å². The summed E-state index contributed by atoms with van der Waals surface area (Å²) in [6.07, 6.45) is 1.59. The fourth-order valence-electron chi connectivity index (χ4n) is 1.90. The molecule has 2 N–H and O–H groups in total. The van der Waals surface area contributed by atoms with Gasteiger partial charge >= 0.3 is 0 Å². The van der Waals surface area contributed by atoms with Gasteiger partial charge in [-0.2, -0.15) is 0 Å². The molecular formula is C14H16F2N4O2. The topological polar surface area (TPSA) is 80.0 Å². The van der Waals surface area contributed by atoms with Crippen molar-refractivity contribution in [3.8, 4) is 0 Å². The van der Waals surface area contributed by atoms with Crippen molar-refractivity contribution in [1.82, 2.24) is 20.3 Å². The zero-order valence-corrected chi connectivity index (χ0v) is 12.2. The molecule has 0 fully saturated rings. The Bertz CT molecular complexity index is 665. The van der Waals surface area contributed by atoms with E-state index < -0.39 is 23.1 Å². The van der Waals surface area contributed by atoms with Gasteiger partial charge in [0.2, 0.25) is 0 Å². The highest BCUT2D eigenvalue weighted by atomic mass is 19.1. The van der Waals surface area contributed by atoms with Crippen LogP contribution in [0.3, 0.4) is 0 Å². The molecule has 6 nitrogen and oxygen atoms in total. The monoisotopic (exact) mass is 310 g/mol. The summed E-state index contributed by atoms with van der Waals surface area (Å²) >= 11 is 0. The molecule has 22 heavy (non-hydrogen) atoms. The zero-order valence-electron chi connectivity index (χ0n) is 12.2. The van der Waals surface area contributed by atoms with E-state index in [1.54, 1.807) is 20.0 Å². The summed E-state index contributed by atoms with van der Waals surface area (Å²) in [7, 11) is 0. The molecule has 0 spiro atoms. The number of rotatable bonds is 5. The van der Waals surface area contributed by atoms with Crippen LogP contribution >= 0.6 is 0 Å². The molecule has 0 unspecified atom stereocenters. The molecule has 0 atom stereocenters. The maximum Gasteiger partial charge on any atom is 0.252 e. The number of nitrogens with zero attached hydrogens (tertiary/aromatic N) is 3. The van der Waals surface area contributed by atoms with E-state index in [4.69, 9.17) is 5.11 Å². The SMILES string of the molecule is CC(C)(NC(=O)c1cc(F)cc(F)c1)c1cn(CCO)nn1. The number of benzene rings is 1. The van der Waals surface area contributed by atoms with E-state index in [-0.39, 0.29) is 18.7 Å². The van der Waals surface area contributed by atoms with Crippen LogP contribution in [0.15, 0.2) is 24.4 Å². The van der Waals surface area contributed by atoms with Gasteiger partial charge in [-0.15, -0.1) is 5.10 Å². The Kier molecular flexibility index (Phi) is 4.51. The highest BCUT2D eigenvalue weighted by molar-refractivity contribution is 5.94. The van der Waals surface area contributed by atoms with E-state index in [0.717, 1.165) is 12.1 Å². The molecule has 1 aromatic carbocycles. The van der Waals surface area contributed by atoms with Crippen molar-refractivity contribution in [1.29, 1.82) is 0 Å². The number of nitrogens with one attached hydrogen (secondary N) is 1. The predicted octanol–water partition coefficient (Wildman–Crippen LogP) is 1.21. The molecule has 0 aliphatic carbocycles. The normalized spacial score (nSPS) is 11.5. The summed E-state index contributed by atoms with van der Waals surface area (Å²) in [5.41, 5.74) is -0.548. The molecule has 118 valence electrons. The van der Waals surface area contributed by atoms with E-state index in [9.17, 15) is 13.6 Å². The van der Waals surface area contributed by atoms with Crippen molar-refractivity contribution >= 4 is 5.91 Å². The molecule has 8 heteroatoms. The van der Waals surface area contributed by atoms with E-state index in [2.05, 4.69) is 15.6 Å². The number of halogens is 2. The van der Waals surface area contributed by atoms with Crippen molar-refractivity contribution in [3.05, 3.63) is 47.3 Å². The fraction of sp³-hybridized carbons (Fsp3) is 0.357. The standard InChI is InChI=1S/C14H16F2N4O2/c1-14(2,12-8-20(3-4-21)19-18-12)17-13(22)9-5-10(15)7-11(16)6-9/h5-8,21H,3-4H2,1-2H3,(H,17,22). The second-order valence-corrected chi connectivity index (χ2v) is 5.33. The lowest BCUT2D eigenvalue weighted by molar-refractivity contribution is 0.0909. The van der Waals surface area contributed by atoms with E-state index in [0.29, 0.717) is 11.8 Å². The van der Waals surface area contributed by atoms with Gasteiger partial charge in [0.25, 0.3) is 5.91 Å². The molecule has 0 radical (unpaired) electrons. The first-order chi connectivity index (χ1) is 10.3. The first-order valence-corrected chi connectivity index (χ1v) is 6.62. The minimum atomic E-state index is -0.895. The molecule has 2 rings (SSSR count). The van der Waals surface area contributed by atoms with Crippen LogP contribution in [0, 0.1) is 11.6 Å². The van der Waals surface area contributed by atoms with Gasteiger partial charge in [0.15, 0.2) is 0 Å². The third-order valence-corrected chi connectivity index (χ3v) is 3.06. The summed E-state index contributed by atoms with van der Waals surface area (Å²) in [5, 5.41) is 19.2. The summed E-state index contributed by atoms with van der Waals surface area (Å²) in [5.74, 6) is -2.27. The van der Waals surface area contributed by atoms with Crippen LogP contribution < -0.4 is 5.32 Å². The minimum absolute atomic E-state index is 0.0852. The Morgan fingerprint density at radius 1 is 1.32 bits per heavy atom. The number of hydrogen-bond acceptors (Lipinski definition) is 4. The Balaban J connectivity index is 2.17. The van der Waals surface area contributed by atoms with Gasteiger partial charge < -0.3 is 10.4 Å². The average Bonchev–Trinajstić information content (AvgIpc) is 2.87. The number of carbonyl (C=O) groups excluding carboxylic acids is 1. The number of aliphatic hydroxyl groups excluding tert-OH is 1.